The average molecular weight is 274 g/mol. The monoisotopic (exact) mass is 274 g/mol. The average Bonchev–Trinajstić information content (AvgIpc) is 2.44. The van der Waals surface area contributed by atoms with Crippen molar-refractivity contribution in [1.29, 1.82) is 0 Å². The minimum Gasteiger partial charge on any atom is -0.485 e. The summed E-state index contributed by atoms with van der Waals surface area (Å²) in [6.07, 6.45) is 0. The number of nitrogens with zero attached hydrogens (tertiary/aromatic N) is 3. The van der Waals surface area contributed by atoms with Crippen molar-refractivity contribution in [1.82, 2.24) is 9.97 Å². The molecule has 0 aliphatic carbocycles. The Bertz CT molecular complexity index is 631. The summed E-state index contributed by atoms with van der Waals surface area (Å²) in [6, 6.07) is 7.83. The number of hydrogen-bond acceptors (Lipinski definition) is 6. The van der Waals surface area contributed by atoms with Gasteiger partial charge in [0.15, 0.2) is 5.82 Å². The van der Waals surface area contributed by atoms with E-state index in [4.69, 9.17) is 4.74 Å². The van der Waals surface area contributed by atoms with Crippen LogP contribution in [0.5, 0.6) is 5.75 Å². The van der Waals surface area contributed by atoms with Crippen LogP contribution in [-0.4, -0.2) is 21.9 Å². The number of aromatic nitrogens is 2. The molecule has 0 saturated carbocycles. The van der Waals surface area contributed by atoms with Gasteiger partial charge >= 0.3 is 0 Å². The van der Waals surface area contributed by atoms with Crippen LogP contribution < -0.4 is 10.1 Å². The quantitative estimate of drug-likeness (QED) is 0.664. The van der Waals surface area contributed by atoms with Gasteiger partial charge < -0.3 is 10.1 Å². The molecule has 0 unspecified atom stereocenters. The molecule has 1 aromatic heterocycles. The summed E-state index contributed by atoms with van der Waals surface area (Å²) in [7, 11) is 1.77. The van der Waals surface area contributed by atoms with E-state index in [0.717, 1.165) is 5.69 Å². The third-order valence-electron chi connectivity index (χ3n) is 2.55. The highest BCUT2D eigenvalue weighted by Gasteiger charge is 2.07. The maximum absolute atomic E-state index is 10.7. The molecule has 0 aliphatic rings. The maximum atomic E-state index is 10.7. The van der Waals surface area contributed by atoms with Gasteiger partial charge in [-0.15, -0.1) is 0 Å². The molecule has 1 aromatic carbocycles. The summed E-state index contributed by atoms with van der Waals surface area (Å²) in [5.74, 6) is 1.63. The number of rotatable bonds is 5. The van der Waals surface area contributed by atoms with Crippen LogP contribution in [0.4, 0.5) is 11.5 Å². The van der Waals surface area contributed by atoms with E-state index in [9.17, 15) is 10.1 Å². The summed E-state index contributed by atoms with van der Waals surface area (Å²) in [6.45, 7) is 2.01. The van der Waals surface area contributed by atoms with Crippen LogP contribution in [0.15, 0.2) is 30.3 Å². The van der Waals surface area contributed by atoms with E-state index in [2.05, 4.69) is 15.3 Å². The second kappa shape index (κ2) is 5.96. The number of aryl methyl sites for hydroxylation is 1. The molecule has 0 aliphatic heterocycles. The Morgan fingerprint density at radius 3 is 2.85 bits per heavy atom. The lowest BCUT2D eigenvalue weighted by molar-refractivity contribution is -0.384. The van der Waals surface area contributed by atoms with Crippen LogP contribution in [0.1, 0.15) is 11.5 Å². The maximum Gasteiger partial charge on any atom is 0.273 e. The molecule has 0 bridgehead atoms. The molecule has 7 nitrogen and oxygen atoms in total. The first-order chi connectivity index (χ1) is 9.58. The smallest absolute Gasteiger partial charge is 0.273 e. The van der Waals surface area contributed by atoms with E-state index in [1.165, 1.54) is 12.1 Å². The van der Waals surface area contributed by atoms with Crippen molar-refractivity contribution >= 4 is 11.5 Å². The van der Waals surface area contributed by atoms with Crippen molar-refractivity contribution in [2.24, 2.45) is 0 Å². The molecule has 0 radical (unpaired) electrons. The van der Waals surface area contributed by atoms with Crippen LogP contribution in [0, 0.1) is 17.0 Å². The van der Waals surface area contributed by atoms with Crippen LogP contribution in [0.3, 0.4) is 0 Å². The molecule has 1 N–H and O–H groups in total. The highest BCUT2D eigenvalue weighted by atomic mass is 16.6. The summed E-state index contributed by atoms with van der Waals surface area (Å²) < 4.78 is 5.48. The standard InChI is InChI=1S/C13H14N4O3/c1-9-6-12(14-2)16-13(15-9)8-20-11-5-3-4-10(7-11)17(18)19/h3-7H,8H2,1-2H3,(H,14,15,16). The lowest BCUT2D eigenvalue weighted by Crippen LogP contribution is -2.05. The lowest BCUT2D eigenvalue weighted by Gasteiger charge is -2.07. The third-order valence-corrected chi connectivity index (χ3v) is 2.55. The number of nitrogens with one attached hydrogen (secondary N) is 1. The first kappa shape index (κ1) is 13.7. The summed E-state index contributed by atoms with van der Waals surface area (Å²) >= 11 is 0. The number of nitro benzene ring substituents is 1. The fourth-order valence-electron chi connectivity index (χ4n) is 1.66. The van der Waals surface area contributed by atoms with E-state index in [-0.39, 0.29) is 12.3 Å². The molecule has 104 valence electrons. The number of benzene rings is 1. The van der Waals surface area contributed by atoms with Crippen LogP contribution >= 0.6 is 0 Å². The van der Waals surface area contributed by atoms with E-state index >= 15 is 0 Å². The zero-order chi connectivity index (χ0) is 14.5. The Balaban J connectivity index is 2.10. The Kier molecular flexibility index (Phi) is 4.09. The van der Waals surface area contributed by atoms with Crippen molar-refractivity contribution < 1.29 is 9.66 Å². The SMILES string of the molecule is CNc1cc(C)nc(COc2cccc([N+](=O)[O-])c2)n1. The topological polar surface area (TPSA) is 90.2 Å². The van der Waals surface area contributed by atoms with E-state index in [1.807, 2.05) is 13.0 Å². The van der Waals surface area contributed by atoms with Gasteiger partial charge in [-0.1, -0.05) is 6.07 Å². The Labute approximate surface area is 115 Å². The zero-order valence-corrected chi connectivity index (χ0v) is 11.2. The second-order valence-corrected chi connectivity index (χ2v) is 4.10. The summed E-state index contributed by atoms with van der Waals surface area (Å²) in [4.78, 5) is 18.7. The van der Waals surface area contributed by atoms with Gasteiger partial charge in [-0.25, -0.2) is 9.97 Å². The van der Waals surface area contributed by atoms with Crippen molar-refractivity contribution in [2.45, 2.75) is 13.5 Å². The molecule has 0 amide bonds. The summed E-state index contributed by atoms with van der Waals surface area (Å²) in [5.41, 5.74) is 0.811. The second-order valence-electron chi connectivity index (χ2n) is 4.10. The molecule has 0 atom stereocenters. The molecule has 1 heterocycles. The first-order valence-electron chi connectivity index (χ1n) is 5.98. The van der Waals surface area contributed by atoms with Gasteiger partial charge in [0.25, 0.3) is 5.69 Å². The molecule has 0 spiro atoms. The first-order valence-corrected chi connectivity index (χ1v) is 5.98. The van der Waals surface area contributed by atoms with E-state index < -0.39 is 4.92 Å². The largest absolute Gasteiger partial charge is 0.485 e. The van der Waals surface area contributed by atoms with Gasteiger partial charge in [-0.05, 0) is 13.0 Å². The minimum atomic E-state index is -0.463. The van der Waals surface area contributed by atoms with Crippen molar-refractivity contribution in [3.05, 3.63) is 52.0 Å². The van der Waals surface area contributed by atoms with Crippen molar-refractivity contribution in [2.75, 3.05) is 12.4 Å². The van der Waals surface area contributed by atoms with Gasteiger partial charge in [-0.3, -0.25) is 10.1 Å². The normalized spacial score (nSPS) is 10.1. The van der Waals surface area contributed by atoms with Gasteiger partial charge in [0.05, 0.1) is 11.0 Å². The van der Waals surface area contributed by atoms with Gasteiger partial charge in [0, 0.05) is 24.9 Å². The van der Waals surface area contributed by atoms with Crippen LogP contribution in [0.25, 0.3) is 0 Å². The third kappa shape index (κ3) is 3.41. The van der Waals surface area contributed by atoms with Gasteiger partial charge in [0.1, 0.15) is 18.2 Å². The predicted octanol–water partition coefficient (Wildman–Crippen LogP) is 2.31. The number of hydrogen-bond donors (Lipinski definition) is 1. The Morgan fingerprint density at radius 1 is 1.35 bits per heavy atom. The molecular formula is C13H14N4O3. The lowest BCUT2D eigenvalue weighted by atomic mass is 10.3. The zero-order valence-electron chi connectivity index (χ0n) is 11.2. The van der Waals surface area contributed by atoms with E-state index in [1.54, 1.807) is 19.2 Å². The van der Waals surface area contributed by atoms with Crippen LogP contribution in [0.2, 0.25) is 0 Å². The molecule has 7 heteroatoms. The molecule has 20 heavy (non-hydrogen) atoms. The number of nitro groups is 1. The molecule has 2 aromatic rings. The fourth-order valence-corrected chi connectivity index (χ4v) is 1.66. The molecular weight excluding hydrogens is 260 g/mol. The minimum absolute atomic E-state index is 0.0106. The van der Waals surface area contributed by atoms with Gasteiger partial charge in [-0.2, -0.15) is 0 Å². The summed E-state index contributed by atoms with van der Waals surface area (Å²) in [5, 5.41) is 13.6. The molecule has 0 fully saturated rings. The number of anilines is 1. The van der Waals surface area contributed by atoms with Crippen molar-refractivity contribution in [3.63, 3.8) is 0 Å². The van der Waals surface area contributed by atoms with Crippen molar-refractivity contribution in [3.8, 4) is 5.75 Å². The fraction of sp³-hybridized carbons (Fsp3) is 0.231. The van der Waals surface area contributed by atoms with E-state index in [0.29, 0.717) is 17.4 Å². The molecule has 2 rings (SSSR count). The number of ether oxygens (including phenoxy) is 1. The number of non-ortho nitro benzene ring substituents is 1. The highest BCUT2D eigenvalue weighted by molar-refractivity contribution is 5.38. The van der Waals surface area contributed by atoms with Crippen LogP contribution in [-0.2, 0) is 6.61 Å². The predicted molar refractivity (Wildman–Crippen MR) is 73.7 cm³/mol. The Morgan fingerprint density at radius 2 is 2.15 bits per heavy atom. The highest BCUT2D eigenvalue weighted by Crippen LogP contribution is 2.19. The molecule has 0 saturated heterocycles. The van der Waals surface area contributed by atoms with Gasteiger partial charge in [0.2, 0.25) is 0 Å². The Hall–Kier alpha value is -2.70.